The molecule has 1 unspecified atom stereocenters. The number of nitrogens with one attached hydrogen (secondary N) is 1. The van der Waals surface area contributed by atoms with E-state index in [1.807, 2.05) is 18.9 Å². The van der Waals surface area contributed by atoms with Crippen molar-refractivity contribution in [3.63, 3.8) is 0 Å². The van der Waals surface area contributed by atoms with Crippen LogP contribution in [0.5, 0.6) is 0 Å². The van der Waals surface area contributed by atoms with Crippen molar-refractivity contribution in [3.8, 4) is 0 Å². The van der Waals surface area contributed by atoms with Crippen LogP contribution in [0.1, 0.15) is 38.3 Å². The molecule has 2 rings (SSSR count). The number of nitro groups is 1. The summed E-state index contributed by atoms with van der Waals surface area (Å²) in [7, 11) is 3.70. The maximum atomic E-state index is 11.4. The number of aryl methyl sites for hydroxylation is 2. The summed E-state index contributed by atoms with van der Waals surface area (Å²) in [5.74, 6) is 0.607. The summed E-state index contributed by atoms with van der Waals surface area (Å²) in [5.41, 5.74) is 0.751. The van der Waals surface area contributed by atoms with Gasteiger partial charge in [-0.3, -0.25) is 10.1 Å². The number of nitrogens with zero attached hydrogens (tertiary/aromatic N) is 4. The largest absolute Gasteiger partial charge is 0.353 e. The van der Waals surface area contributed by atoms with Gasteiger partial charge in [0.25, 0.3) is 0 Å². The molecule has 1 aliphatic rings. The highest BCUT2D eigenvalue weighted by atomic mass is 16.6. The summed E-state index contributed by atoms with van der Waals surface area (Å²) in [6.45, 7) is 3.81. The molecule has 7 nitrogen and oxygen atoms in total. The van der Waals surface area contributed by atoms with Crippen molar-refractivity contribution in [2.45, 2.75) is 45.1 Å². The monoisotopic (exact) mass is 295 g/mol. The summed E-state index contributed by atoms with van der Waals surface area (Å²) in [6, 6.07) is 0.396. The van der Waals surface area contributed by atoms with Crippen molar-refractivity contribution in [2.75, 3.05) is 25.0 Å². The van der Waals surface area contributed by atoms with Gasteiger partial charge in [-0.2, -0.15) is 5.10 Å². The fourth-order valence-corrected chi connectivity index (χ4v) is 3.08. The second-order valence-electron chi connectivity index (χ2n) is 5.78. The molecule has 0 aliphatic carbocycles. The summed E-state index contributed by atoms with van der Waals surface area (Å²) in [4.78, 5) is 13.1. The second kappa shape index (κ2) is 6.89. The van der Waals surface area contributed by atoms with Crippen LogP contribution < -0.4 is 10.2 Å². The molecule has 118 valence electrons. The van der Waals surface area contributed by atoms with Crippen molar-refractivity contribution < 1.29 is 4.92 Å². The maximum absolute atomic E-state index is 11.4. The number of likely N-dealkylation sites (N-methyl/N-ethyl adjacent to an activating group) is 1. The van der Waals surface area contributed by atoms with Gasteiger partial charge < -0.3 is 10.2 Å². The van der Waals surface area contributed by atoms with E-state index in [-0.39, 0.29) is 10.6 Å². The minimum Gasteiger partial charge on any atom is -0.353 e. The van der Waals surface area contributed by atoms with Crippen LogP contribution in [-0.2, 0) is 13.5 Å². The van der Waals surface area contributed by atoms with E-state index < -0.39 is 0 Å². The average Bonchev–Trinajstić information content (AvgIpc) is 2.77. The predicted octanol–water partition coefficient (Wildman–Crippen LogP) is 1.86. The highest BCUT2D eigenvalue weighted by Crippen LogP contribution is 2.31. The third-order valence-electron chi connectivity index (χ3n) is 4.00. The molecule has 0 bridgehead atoms. The smallest absolute Gasteiger partial charge is 0.334 e. The molecule has 1 fully saturated rings. The first-order valence-corrected chi connectivity index (χ1v) is 7.69. The maximum Gasteiger partial charge on any atom is 0.334 e. The first-order chi connectivity index (χ1) is 10.0. The van der Waals surface area contributed by atoms with Crippen molar-refractivity contribution in [3.05, 3.63) is 15.8 Å². The predicted molar refractivity (Wildman–Crippen MR) is 82.8 cm³/mol. The SMILES string of the molecule is CCCc1nn(C)c(N(C)CC2CCCCN2)c1[N+](=O)[O-]. The lowest BCUT2D eigenvalue weighted by molar-refractivity contribution is -0.384. The molecule has 0 saturated carbocycles. The Bertz CT molecular complexity index is 494. The molecular formula is C14H25N5O2. The van der Waals surface area contributed by atoms with Gasteiger partial charge in [-0.05, 0) is 25.8 Å². The summed E-state index contributed by atoms with van der Waals surface area (Å²) >= 11 is 0. The molecule has 21 heavy (non-hydrogen) atoms. The lowest BCUT2D eigenvalue weighted by Crippen LogP contribution is -2.43. The van der Waals surface area contributed by atoms with E-state index in [0.29, 0.717) is 24.0 Å². The lowest BCUT2D eigenvalue weighted by Gasteiger charge is -2.28. The van der Waals surface area contributed by atoms with E-state index in [2.05, 4.69) is 10.4 Å². The van der Waals surface area contributed by atoms with Gasteiger partial charge in [0.15, 0.2) is 0 Å². The number of piperidine rings is 1. The van der Waals surface area contributed by atoms with Gasteiger partial charge in [0, 0.05) is 26.7 Å². The van der Waals surface area contributed by atoms with E-state index in [4.69, 9.17) is 0 Å². The van der Waals surface area contributed by atoms with Crippen LogP contribution >= 0.6 is 0 Å². The van der Waals surface area contributed by atoms with Crippen LogP contribution in [0.2, 0.25) is 0 Å². The van der Waals surface area contributed by atoms with Gasteiger partial charge in [0.1, 0.15) is 5.69 Å². The third kappa shape index (κ3) is 3.53. The molecule has 1 aliphatic heterocycles. The van der Waals surface area contributed by atoms with Gasteiger partial charge in [-0.25, -0.2) is 4.68 Å². The zero-order chi connectivity index (χ0) is 15.4. The Balaban J connectivity index is 2.22. The third-order valence-corrected chi connectivity index (χ3v) is 4.00. The minimum atomic E-state index is -0.294. The molecule has 1 aromatic heterocycles. The molecule has 0 radical (unpaired) electrons. The lowest BCUT2D eigenvalue weighted by atomic mass is 10.0. The van der Waals surface area contributed by atoms with Gasteiger partial charge in [-0.1, -0.05) is 19.8 Å². The fourth-order valence-electron chi connectivity index (χ4n) is 3.08. The number of hydrogen-bond acceptors (Lipinski definition) is 5. The van der Waals surface area contributed by atoms with Crippen molar-refractivity contribution in [1.29, 1.82) is 0 Å². The van der Waals surface area contributed by atoms with E-state index in [1.54, 1.807) is 11.7 Å². The molecule has 1 atom stereocenters. The van der Waals surface area contributed by atoms with Crippen LogP contribution in [0.4, 0.5) is 11.5 Å². The van der Waals surface area contributed by atoms with Crippen LogP contribution in [0.25, 0.3) is 0 Å². The molecular weight excluding hydrogens is 270 g/mol. The van der Waals surface area contributed by atoms with Gasteiger partial charge in [0.2, 0.25) is 5.82 Å². The van der Waals surface area contributed by atoms with Crippen LogP contribution in [0.15, 0.2) is 0 Å². The first-order valence-electron chi connectivity index (χ1n) is 7.69. The molecule has 0 amide bonds. The Labute approximate surface area is 125 Å². The molecule has 1 aromatic rings. The Hall–Kier alpha value is -1.63. The van der Waals surface area contributed by atoms with Crippen LogP contribution in [-0.4, -0.2) is 40.9 Å². The molecule has 7 heteroatoms. The van der Waals surface area contributed by atoms with Gasteiger partial charge in [-0.15, -0.1) is 0 Å². The first kappa shape index (κ1) is 15.8. The summed E-state index contributed by atoms with van der Waals surface area (Å²) in [5, 5.41) is 19.3. The zero-order valence-corrected chi connectivity index (χ0v) is 13.1. The Morgan fingerprint density at radius 1 is 1.52 bits per heavy atom. The van der Waals surface area contributed by atoms with Crippen LogP contribution in [0.3, 0.4) is 0 Å². The summed E-state index contributed by atoms with van der Waals surface area (Å²) < 4.78 is 1.64. The molecule has 2 heterocycles. The second-order valence-corrected chi connectivity index (χ2v) is 5.78. The minimum absolute atomic E-state index is 0.164. The van der Waals surface area contributed by atoms with E-state index in [9.17, 15) is 10.1 Å². The molecule has 0 aromatic carbocycles. The van der Waals surface area contributed by atoms with Crippen molar-refractivity contribution in [1.82, 2.24) is 15.1 Å². The highest BCUT2D eigenvalue weighted by Gasteiger charge is 2.29. The Morgan fingerprint density at radius 2 is 2.29 bits per heavy atom. The van der Waals surface area contributed by atoms with Crippen molar-refractivity contribution in [2.24, 2.45) is 7.05 Å². The highest BCUT2D eigenvalue weighted by molar-refractivity contribution is 5.61. The molecule has 1 N–H and O–H groups in total. The van der Waals surface area contributed by atoms with Crippen LogP contribution in [0, 0.1) is 10.1 Å². The fraction of sp³-hybridized carbons (Fsp3) is 0.786. The number of rotatable bonds is 6. The number of anilines is 1. The summed E-state index contributed by atoms with van der Waals surface area (Å²) in [6.07, 6.45) is 5.05. The van der Waals surface area contributed by atoms with E-state index >= 15 is 0 Å². The number of hydrogen-bond donors (Lipinski definition) is 1. The average molecular weight is 295 g/mol. The van der Waals surface area contributed by atoms with Gasteiger partial charge in [0.05, 0.1) is 4.92 Å². The standard InChI is InChI=1S/C14H25N5O2/c1-4-7-12-13(19(20)21)14(18(3)16-12)17(2)10-11-8-5-6-9-15-11/h11,15H,4-10H2,1-3H3. The zero-order valence-electron chi connectivity index (χ0n) is 13.1. The Kier molecular flexibility index (Phi) is 5.17. The topological polar surface area (TPSA) is 76.2 Å². The quantitative estimate of drug-likeness (QED) is 0.640. The molecule has 0 spiro atoms. The van der Waals surface area contributed by atoms with E-state index in [1.165, 1.54) is 12.8 Å². The number of aromatic nitrogens is 2. The molecule has 1 saturated heterocycles. The normalized spacial score (nSPS) is 18.7. The van der Waals surface area contributed by atoms with Crippen molar-refractivity contribution >= 4 is 11.5 Å². The Morgan fingerprint density at radius 3 is 2.86 bits per heavy atom. The van der Waals surface area contributed by atoms with E-state index in [0.717, 1.165) is 25.9 Å². The van der Waals surface area contributed by atoms with Gasteiger partial charge >= 0.3 is 5.69 Å².